The van der Waals surface area contributed by atoms with Gasteiger partial charge in [-0.3, -0.25) is 18.8 Å². The zero-order valence-electron chi connectivity index (χ0n) is 15.8. The molecule has 27 heavy (non-hydrogen) atoms. The molecule has 0 saturated heterocycles. The highest BCUT2D eigenvalue weighted by Crippen LogP contribution is 2.54. The topological polar surface area (TPSA) is 143 Å². The highest BCUT2D eigenvalue weighted by Gasteiger charge is 2.44. The van der Waals surface area contributed by atoms with Crippen LogP contribution in [0.1, 0.15) is 40.0 Å². The Morgan fingerprint density at radius 3 is 2.44 bits per heavy atom. The zero-order chi connectivity index (χ0) is 20.6. The fourth-order valence-corrected chi connectivity index (χ4v) is 4.75. The van der Waals surface area contributed by atoms with Crippen molar-refractivity contribution in [3.8, 4) is 0 Å². The smallest absolute Gasteiger partial charge is 0.351 e. The first-order valence-corrected chi connectivity index (χ1v) is 10.4. The number of rotatable bonds is 11. The Labute approximate surface area is 159 Å². The molecule has 0 saturated carbocycles. The summed E-state index contributed by atoms with van der Waals surface area (Å²) in [5, 5.41) is 9.34. The summed E-state index contributed by atoms with van der Waals surface area (Å²) >= 11 is 0. The van der Waals surface area contributed by atoms with E-state index >= 15 is 0 Å². The molecule has 0 radical (unpaired) electrons. The number of unbranched alkanes of at least 4 members (excludes halogenated alkanes) is 1. The summed E-state index contributed by atoms with van der Waals surface area (Å²) in [6.07, 6.45) is 1.05. The Hall–Kier alpha value is -1.80. The van der Waals surface area contributed by atoms with Gasteiger partial charge in [0.25, 0.3) is 0 Å². The van der Waals surface area contributed by atoms with Crippen molar-refractivity contribution in [2.45, 2.75) is 51.9 Å². The van der Waals surface area contributed by atoms with E-state index in [0.717, 1.165) is 4.90 Å². The molecule has 0 aliphatic rings. The predicted octanol–water partition coefficient (Wildman–Crippen LogP) is 2.20. The second kappa shape index (κ2) is 10.5. The molecule has 10 heteroatoms. The Bertz CT molecular complexity index is 670. The van der Waals surface area contributed by atoms with Gasteiger partial charge in [0.1, 0.15) is 11.6 Å². The third-order valence-corrected chi connectivity index (χ3v) is 5.96. The largest absolute Gasteiger partial charge is 0.479 e. The van der Waals surface area contributed by atoms with Crippen LogP contribution in [0.5, 0.6) is 0 Å². The van der Waals surface area contributed by atoms with Crippen LogP contribution in [-0.2, 0) is 18.7 Å². The molecule has 4 N–H and O–H groups in total. The molecule has 3 atom stereocenters. The summed E-state index contributed by atoms with van der Waals surface area (Å²) in [7, 11) is -4.54. The van der Waals surface area contributed by atoms with Gasteiger partial charge in [0.2, 0.25) is 5.91 Å². The Morgan fingerprint density at radius 1 is 1.33 bits per heavy atom. The van der Waals surface area contributed by atoms with Gasteiger partial charge in [-0.15, -0.1) is 0 Å². The van der Waals surface area contributed by atoms with Crippen LogP contribution in [0.2, 0.25) is 0 Å². The van der Waals surface area contributed by atoms with Crippen molar-refractivity contribution < 1.29 is 28.7 Å². The van der Waals surface area contributed by atoms with Crippen LogP contribution in [-0.4, -0.2) is 45.3 Å². The first-order valence-electron chi connectivity index (χ1n) is 8.76. The first kappa shape index (κ1) is 23.2. The standard InChI is InChI=1S/C17H28N3O6P/c1-12(2)16(20(13(3)21)15-9-5-7-11-19-15)27(24,25)26-14(17(22)23)8-4-6-10-18/h5,7,9,11-12,14,16H,4,6,8,10,18H2,1-3H3,(H,22,23)(H,24,25)/t14?,16-/m0/s1. The van der Waals surface area contributed by atoms with Crippen molar-refractivity contribution in [2.75, 3.05) is 11.4 Å². The summed E-state index contributed by atoms with van der Waals surface area (Å²) in [5.74, 6) is -3.42. The van der Waals surface area contributed by atoms with Crippen molar-refractivity contribution in [1.29, 1.82) is 0 Å². The molecular formula is C17H28N3O6P. The van der Waals surface area contributed by atoms with Gasteiger partial charge in [-0.05, 0) is 43.9 Å². The summed E-state index contributed by atoms with van der Waals surface area (Å²) in [5.41, 5.74) is 5.40. The maximum atomic E-state index is 13.0. The minimum absolute atomic E-state index is 0.0472. The number of nitrogens with zero attached hydrogens (tertiary/aromatic N) is 2. The number of anilines is 1. The number of pyridine rings is 1. The van der Waals surface area contributed by atoms with E-state index in [4.69, 9.17) is 10.3 Å². The number of aliphatic carboxylic acids is 1. The van der Waals surface area contributed by atoms with E-state index in [1.54, 1.807) is 26.0 Å². The monoisotopic (exact) mass is 401 g/mol. The van der Waals surface area contributed by atoms with Crippen molar-refractivity contribution >= 4 is 25.3 Å². The molecule has 2 unspecified atom stereocenters. The molecule has 1 amide bonds. The molecular weight excluding hydrogens is 373 g/mol. The van der Waals surface area contributed by atoms with Crippen LogP contribution in [0, 0.1) is 5.92 Å². The molecule has 0 spiro atoms. The SMILES string of the molecule is CC(=O)N(c1ccccn1)[C@H](C(C)C)P(=O)(O)OC(CCCCN)C(=O)O. The molecule has 0 aromatic carbocycles. The average Bonchev–Trinajstić information content (AvgIpc) is 2.58. The number of carboxylic acids is 1. The number of hydrogen-bond acceptors (Lipinski definition) is 6. The summed E-state index contributed by atoms with van der Waals surface area (Å²) < 4.78 is 18.2. The van der Waals surface area contributed by atoms with Crippen LogP contribution in [0.25, 0.3) is 0 Å². The van der Waals surface area contributed by atoms with Gasteiger partial charge in [0, 0.05) is 13.1 Å². The number of nitrogens with two attached hydrogens (primary N) is 1. The highest BCUT2D eigenvalue weighted by atomic mass is 31.2. The molecule has 152 valence electrons. The molecule has 0 fully saturated rings. The van der Waals surface area contributed by atoms with E-state index in [-0.39, 0.29) is 12.2 Å². The fourth-order valence-electron chi connectivity index (χ4n) is 2.74. The molecule has 1 aromatic heterocycles. The van der Waals surface area contributed by atoms with Gasteiger partial charge < -0.3 is 15.7 Å². The van der Waals surface area contributed by atoms with Gasteiger partial charge >= 0.3 is 13.6 Å². The normalized spacial score (nSPS) is 15.8. The third kappa shape index (κ3) is 6.70. The zero-order valence-corrected chi connectivity index (χ0v) is 16.7. The van der Waals surface area contributed by atoms with Gasteiger partial charge in [-0.1, -0.05) is 19.9 Å². The van der Waals surface area contributed by atoms with E-state index in [9.17, 15) is 24.2 Å². The predicted molar refractivity (Wildman–Crippen MR) is 101 cm³/mol. The van der Waals surface area contributed by atoms with E-state index in [0.29, 0.717) is 19.4 Å². The average molecular weight is 401 g/mol. The summed E-state index contributed by atoms with van der Waals surface area (Å²) in [6.45, 7) is 4.94. The Balaban J connectivity index is 3.19. The number of carbonyl (C=O) groups excluding carboxylic acids is 1. The summed E-state index contributed by atoms with van der Waals surface area (Å²) in [4.78, 5) is 39.5. The Morgan fingerprint density at radius 2 is 2.00 bits per heavy atom. The number of amides is 1. The summed E-state index contributed by atoms with van der Waals surface area (Å²) in [6, 6.07) is 4.83. The van der Waals surface area contributed by atoms with Crippen LogP contribution >= 0.6 is 7.60 Å². The van der Waals surface area contributed by atoms with Crippen LogP contribution in [0.15, 0.2) is 24.4 Å². The van der Waals surface area contributed by atoms with E-state index in [2.05, 4.69) is 4.98 Å². The number of carboxylic acid groups (broad SMARTS) is 1. The molecule has 0 aliphatic heterocycles. The van der Waals surface area contributed by atoms with Gasteiger partial charge in [0.05, 0.1) is 0 Å². The van der Waals surface area contributed by atoms with Gasteiger partial charge in [-0.2, -0.15) is 0 Å². The maximum Gasteiger partial charge on any atom is 0.351 e. The molecule has 1 rings (SSSR count). The second-order valence-electron chi connectivity index (χ2n) is 6.52. The maximum absolute atomic E-state index is 13.0. The van der Waals surface area contributed by atoms with Crippen molar-refractivity contribution in [3.05, 3.63) is 24.4 Å². The minimum atomic E-state index is -4.54. The van der Waals surface area contributed by atoms with Gasteiger partial charge in [-0.25, -0.2) is 9.78 Å². The lowest BCUT2D eigenvalue weighted by molar-refractivity contribution is -0.145. The second-order valence-corrected chi connectivity index (χ2v) is 8.38. The molecule has 0 aliphatic carbocycles. The first-order chi connectivity index (χ1) is 12.6. The van der Waals surface area contributed by atoms with Crippen molar-refractivity contribution in [3.63, 3.8) is 0 Å². The third-order valence-electron chi connectivity index (χ3n) is 3.90. The van der Waals surface area contributed by atoms with E-state index in [1.807, 2.05) is 0 Å². The Kier molecular flexibility index (Phi) is 9.05. The van der Waals surface area contributed by atoms with Crippen LogP contribution in [0.3, 0.4) is 0 Å². The molecule has 1 heterocycles. The lowest BCUT2D eigenvalue weighted by Crippen LogP contribution is -2.44. The number of aromatic nitrogens is 1. The quantitative estimate of drug-likeness (QED) is 0.378. The van der Waals surface area contributed by atoms with Crippen molar-refractivity contribution in [1.82, 2.24) is 4.98 Å². The van der Waals surface area contributed by atoms with Gasteiger partial charge in [0.15, 0.2) is 6.10 Å². The van der Waals surface area contributed by atoms with Crippen LogP contribution < -0.4 is 10.6 Å². The molecule has 9 nitrogen and oxygen atoms in total. The van der Waals surface area contributed by atoms with Crippen molar-refractivity contribution in [2.24, 2.45) is 11.7 Å². The van der Waals surface area contributed by atoms with E-state index in [1.165, 1.54) is 19.2 Å². The van der Waals surface area contributed by atoms with E-state index < -0.39 is 37.3 Å². The lowest BCUT2D eigenvalue weighted by atomic mass is 10.1. The molecule has 1 aromatic rings. The highest BCUT2D eigenvalue weighted by molar-refractivity contribution is 7.53. The fraction of sp³-hybridized carbons (Fsp3) is 0.588. The molecule has 0 bridgehead atoms. The lowest BCUT2D eigenvalue weighted by Gasteiger charge is -2.35. The number of carbonyl (C=O) groups is 2. The van der Waals surface area contributed by atoms with Crippen LogP contribution in [0.4, 0.5) is 5.82 Å². The minimum Gasteiger partial charge on any atom is -0.479 e. The number of hydrogen-bond donors (Lipinski definition) is 3.